The molecule has 0 saturated carbocycles. The van der Waals surface area contributed by atoms with E-state index in [0.717, 1.165) is 11.3 Å². The molecule has 0 spiro atoms. The van der Waals surface area contributed by atoms with E-state index in [2.05, 4.69) is 19.9 Å². The summed E-state index contributed by atoms with van der Waals surface area (Å²) in [4.78, 5) is 31.5. The first-order valence-electron chi connectivity index (χ1n) is 11.8. The number of hydroxylamine groups is 1. The number of sulfonamides is 1. The van der Waals surface area contributed by atoms with E-state index in [1.54, 1.807) is 36.3 Å². The van der Waals surface area contributed by atoms with Gasteiger partial charge in [0.2, 0.25) is 15.9 Å². The number of piperazine rings is 1. The van der Waals surface area contributed by atoms with Gasteiger partial charge in [-0.15, -0.1) is 0 Å². The zero-order valence-electron chi connectivity index (χ0n) is 19.8. The molecule has 0 bridgehead atoms. The summed E-state index contributed by atoms with van der Waals surface area (Å²) in [7, 11) is -3.71. The SMILES string of the molecule is O=C(NO)C(CCCc1ncccn1)CS(=O)(=O)N1CCN(c2cnc(-c3ccccc3)cn2)CC1. The van der Waals surface area contributed by atoms with Crippen LogP contribution in [0.15, 0.2) is 61.2 Å². The number of benzene rings is 1. The Morgan fingerprint density at radius 2 is 1.69 bits per heavy atom. The first-order valence-corrected chi connectivity index (χ1v) is 13.4. The van der Waals surface area contributed by atoms with Crippen LogP contribution in [0.2, 0.25) is 0 Å². The summed E-state index contributed by atoms with van der Waals surface area (Å²) in [6, 6.07) is 11.5. The van der Waals surface area contributed by atoms with Gasteiger partial charge in [0, 0.05) is 50.6 Å². The number of hydrogen-bond donors (Lipinski definition) is 2. The highest BCUT2D eigenvalue weighted by Crippen LogP contribution is 2.21. The third-order valence-corrected chi connectivity index (χ3v) is 8.10. The minimum absolute atomic E-state index is 0.274. The lowest BCUT2D eigenvalue weighted by molar-refractivity contribution is -0.132. The molecular weight excluding hydrogens is 482 g/mol. The Bertz CT molecular complexity index is 1220. The molecule has 1 saturated heterocycles. The van der Waals surface area contributed by atoms with Gasteiger partial charge in [0.05, 0.1) is 29.8 Å². The lowest BCUT2D eigenvalue weighted by atomic mass is 10.0. The molecule has 1 atom stereocenters. The number of aromatic nitrogens is 4. The Balaban J connectivity index is 1.32. The highest BCUT2D eigenvalue weighted by Gasteiger charge is 2.32. The van der Waals surface area contributed by atoms with Crippen molar-refractivity contribution in [2.24, 2.45) is 5.92 Å². The summed E-state index contributed by atoms with van der Waals surface area (Å²) >= 11 is 0. The number of anilines is 1. The summed E-state index contributed by atoms with van der Waals surface area (Å²) < 4.78 is 27.6. The van der Waals surface area contributed by atoms with Crippen molar-refractivity contribution in [3.8, 4) is 11.3 Å². The van der Waals surface area contributed by atoms with Crippen LogP contribution in [0.25, 0.3) is 11.3 Å². The molecule has 190 valence electrons. The van der Waals surface area contributed by atoms with E-state index in [1.165, 1.54) is 4.31 Å². The molecule has 12 heteroatoms. The van der Waals surface area contributed by atoms with Crippen molar-refractivity contribution in [2.75, 3.05) is 36.8 Å². The van der Waals surface area contributed by atoms with Crippen LogP contribution < -0.4 is 10.4 Å². The Kier molecular flexibility index (Phi) is 8.52. The zero-order valence-corrected chi connectivity index (χ0v) is 20.6. The number of nitrogens with zero attached hydrogens (tertiary/aromatic N) is 6. The Morgan fingerprint density at radius 3 is 2.33 bits per heavy atom. The van der Waals surface area contributed by atoms with Gasteiger partial charge in [0.1, 0.15) is 11.6 Å². The van der Waals surface area contributed by atoms with Gasteiger partial charge < -0.3 is 4.90 Å². The fraction of sp³-hybridized carbons (Fsp3) is 0.375. The van der Waals surface area contributed by atoms with Gasteiger partial charge in [-0.05, 0) is 18.9 Å². The molecule has 4 rings (SSSR count). The monoisotopic (exact) mass is 511 g/mol. The number of nitrogens with one attached hydrogen (secondary N) is 1. The molecule has 2 aromatic heterocycles. The fourth-order valence-corrected chi connectivity index (χ4v) is 5.90. The maximum atomic E-state index is 13.1. The Labute approximate surface area is 210 Å². The molecule has 1 aromatic carbocycles. The van der Waals surface area contributed by atoms with E-state index in [9.17, 15) is 13.2 Å². The molecule has 3 heterocycles. The van der Waals surface area contributed by atoms with Gasteiger partial charge in [-0.1, -0.05) is 30.3 Å². The Morgan fingerprint density at radius 1 is 0.972 bits per heavy atom. The predicted molar refractivity (Wildman–Crippen MR) is 133 cm³/mol. The van der Waals surface area contributed by atoms with Crippen LogP contribution in [0.3, 0.4) is 0 Å². The van der Waals surface area contributed by atoms with Crippen molar-refractivity contribution in [3.05, 3.63) is 67.0 Å². The van der Waals surface area contributed by atoms with Crippen molar-refractivity contribution in [2.45, 2.75) is 19.3 Å². The number of carbonyl (C=O) groups is 1. The molecule has 11 nitrogen and oxygen atoms in total. The highest BCUT2D eigenvalue weighted by molar-refractivity contribution is 7.89. The van der Waals surface area contributed by atoms with Crippen molar-refractivity contribution < 1.29 is 18.4 Å². The van der Waals surface area contributed by atoms with Crippen molar-refractivity contribution in [1.82, 2.24) is 29.7 Å². The Hall–Kier alpha value is -3.48. The van der Waals surface area contributed by atoms with Gasteiger partial charge in [0.25, 0.3) is 0 Å². The van der Waals surface area contributed by atoms with Crippen molar-refractivity contribution in [1.29, 1.82) is 0 Å². The van der Waals surface area contributed by atoms with Crippen LogP contribution in [0.5, 0.6) is 0 Å². The molecule has 36 heavy (non-hydrogen) atoms. The van der Waals surface area contributed by atoms with E-state index in [4.69, 9.17) is 5.21 Å². The molecule has 1 unspecified atom stereocenters. The second kappa shape index (κ2) is 12.0. The van der Waals surface area contributed by atoms with Crippen LogP contribution in [0, 0.1) is 5.92 Å². The lowest BCUT2D eigenvalue weighted by Crippen LogP contribution is -2.50. The largest absolute Gasteiger partial charge is 0.353 e. The molecule has 1 amide bonds. The van der Waals surface area contributed by atoms with Crippen LogP contribution in [0.4, 0.5) is 5.82 Å². The summed E-state index contributed by atoms with van der Waals surface area (Å²) in [5, 5.41) is 9.13. The number of carbonyl (C=O) groups excluding carboxylic acids is 1. The predicted octanol–water partition coefficient (Wildman–Crippen LogP) is 1.53. The smallest absolute Gasteiger partial charge is 0.247 e. The quantitative estimate of drug-likeness (QED) is 0.306. The summed E-state index contributed by atoms with van der Waals surface area (Å²) in [6.45, 7) is 1.47. The highest BCUT2D eigenvalue weighted by atomic mass is 32.2. The van der Waals surface area contributed by atoms with Gasteiger partial charge in [-0.2, -0.15) is 4.31 Å². The molecule has 2 N–H and O–H groups in total. The van der Waals surface area contributed by atoms with E-state index in [1.807, 2.05) is 35.2 Å². The molecule has 3 aromatic rings. The second-order valence-corrected chi connectivity index (χ2v) is 10.5. The molecule has 1 aliphatic rings. The van der Waals surface area contributed by atoms with E-state index >= 15 is 0 Å². The van der Waals surface area contributed by atoms with Gasteiger partial charge in [-0.3, -0.25) is 15.0 Å². The van der Waals surface area contributed by atoms with Crippen LogP contribution in [0.1, 0.15) is 18.7 Å². The van der Waals surface area contributed by atoms with E-state index in [-0.39, 0.29) is 25.3 Å². The molecule has 1 aliphatic heterocycles. The van der Waals surface area contributed by atoms with E-state index < -0.39 is 21.8 Å². The first-order chi connectivity index (χ1) is 17.5. The second-order valence-electron chi connectivity index (χ2n) is 8.52. The van der Waals surface area contributed by atoms with Crippen molar-refractivity contribution in [3.63, 3.8) is 0 Å². The maximum Gasteiger partial charge on any atom is 0.247 e. The molecular formula is C24H29N7O4S. The summed E-state index contributed by atoms with van der Waals surface area (Å²) in [5.74, 6) is -0.647. The van der Waals surface area contributed by atoms with Crippen LogP contribution >= 0.6 is 0 Å². The lowest BCUT2D eigenvalue weighted by Gasteiger charge is -2.35. The van der Waals surface area contributed by atoms with Crippen LogP contribution in [-0.4, -0.2) is 75.7 Å². The number of aryl methyl sites for hydroxylation is 1. The van der Waals surface area contributed by atoms with Gasteiger partial charge in [0.15, 0.2) is 0 Å². The van der Waals surface area contributed by atoms with Crippen LogP contribution in [-0.2, 0) is 21.2 Å². The number of rotatable bonds is 10. The van der Waals surface area contributed by atoms with E-state index in [0.29, 0.717) is 37.6 Å². The first kappa shape index (κ1) is 25.6. The van der Waals surface area contributed by atoms with Gasteiger partial charge in [-0.25, -0.2) is 28.8 Å². The maximum absolute atomic E-state index is 13.1. The standard InChI is InChI=1S/C24H29N7O4S/c32-24(29-33)20(8-4-9-22-25-10-5-11-26-22)18-36(34,35)31-14-12-30(13-15-31)23-17-27-21(16-28-23)19-6-2-1-3-7-19/h1-3,5-7,10-11,16-17,20,33H,4,8-9,12-15,18H2,(H,29,32). The molecule has 0 radical (unpaired) electrons. The van der Waals surface area contributed by atoms with Gasteiger partial charge >= 0.3 is 0 Å². The average molecular weight is 512 g/mol. The minimum Gasteiger partial charge on any atom is -0.353 e. The number of amides is 1. The summed E-state index contributed by atoms with van der Waals surface area (Å²) in [6.07, 6.45) is 7.99. The third kappa shape index (κ3) is 6.59. The van der Waals surface area contributed by atoms with Crippen molar-refractivity contribution >= 4 is 21.7 Å². The molecule has 0 aliphatic carbocycles. The summed E-state index contributed by atoms with van der Waals surface area (Å²) in [5.41, 5.74) is 3.36. The normalized spacial score (nSPS) is 15.4. The zero-order chi connectivity index (χ0) is 25.4. The average Bonchev–Trinajstić information content (AvgIpc) is 2.93. The number of hydrogen-bond acceptors (Lipinski definition) is 9. The fourth-order valence-electron chi connectivity index (χ4n) is 4.14. The topological polar surface area (TPSA) is 142 Å². The molecule has 1 fully saturated rings. The minimum atomic E-state index is -3.71. The third-order valence-electron chi connectivity index (χ3n) is 6.13.